The topological polar surface area (TPSA) is 199 Å². The lowest BCUT2D eigenvalue weighted by Crippen LogP contribution is -2.52. The summed E-state index contributed by atoms with van der Waals surface area (Å²) in [6.07, 6.45) is 2.59. The number of anilines is 2. The van der Waals surface area contributed by atoms with E-state index < -0.39 is 11.9 Å². The standard InChI is InChI=1S/C46H48FN9O9/c1-27-19-28(9-10-33(27)47)50-44-31-22-38(37(61-2)23-35(31)48-26-49-44)64-18-6-13-54-14-16-55(17-15-54)42(58)25-65-43-39(62-3)20-29(21-40(43)63-4)52-53-34-8-5-7-30-32(34)24-56(46(30)60)36-11-12-41(57)51-45(36)59/h5,7-10,19-23,26,36H,6,11-18,24-25H2,1-4H3,(H,48,49,50)(H,51,57,59). The maximum absolute atomic E-state index is 13.9. The number of carbonyl (C=O) groups is 4. The highest BCUT2D eigenvalue weighted by Crippen LogP contribution is 2.42. The lowest BCUT2D eigenvalue weighted by atomic mass is 10.0. The van der Waals surface area contributed by atoms with Crippen LogP contribution in [-0.2, 0) is 20.9 Å². The number of azo groups is 1. The molecule has 3 aliphatic rings. The van der Waals surface area contributed by atoms with Gasteiger partial charge in [-0.05, 0) is 61.7 Å². The molecule has 338 valence electrons. The number of piperidine rings is 1. The van der Waals surface area contributed by atoms with Gasteiger partial charge in [0, 0.05) is 86.1 Å². The van der Waals surface area contributed by atoms with Crippen molar-refractivity contribution in [2.45, 2.75) is 38.8 Å². The average Bonchev–Trinajstić information content (AvgIpc) is 3.65. The summed E-state index contributed by atoms with van der Waals surface area (Å²) in [7, 11) is 4.51. The van der Waals surface area contributed by atoms with Gasteiger partial charge in [0.15, 0.2) is 29.6 Å². The van der Waals surface area contributed by atoms with Gasteiger partial charge in [0.2, 0.25) is 17.6 Å². The smallest absolute Gasteiger partial charge is 0.260 e. The number of amides is 4. The highest BCUT2D eigenvalue weighted by molar-refractivity contribution is 6.06. The number of hydrogen-bond acceptors (Lipinski definition) is 15. The van der Waals surface area contributed by atoms with Gasteiger partial charge in [0.05, 0.1) is 44.8 Å². The Balaban J connectivity index is 0.824. The number of hydrogen-bond donors (Lipinski definition) is 2. The Hall–Kier alpha value is -7.41. The first kappa shape index (κ1) is 44.2. The molecule has 1 aromatic heterocycles. The SMILES string of the molecule is COc1cc2ncnc(Nc3ccc(F)c(C)c3)c2cc1OCCCN1CCN(C(=O)COc2c(OC)cc(N=Nc3cccc4c3CN(C3CCC(=O)NC3=O)C4=O)cc2OC)CC1. The van der Waals surface area contributed by atoms with Gasteiger partial charge in [0.25, 0.3) is 11.8 Å². The lowest BCUT2D eigenvalue weighted by molar-refractivity contribution is -0.137. The minimum Gasteiger partial charge on any atom is -0.493 e. The molecule has 4 aromatic carbocycles. The Labute approximate surface area is 373 Å². The molecule has 5 aromatic rings. The van der Waals surface area contributed by atoms with E-state index in [4.69, 9.17) is 23.7 Å². The van der Waals surface area contributed by atoms with E-state index in [1.54, 1.807) is 67.5 Å². The fourth-order valence-electron chi connectivity index (χ4n) is 8.05. The molecule has 3 aliphatic heterocycles. The van der Waals surface area contributed by atoms with Crippen LogP contribution in [0.1, 0.15) is 40.7 Å². The molecule has 1 atom stereocenters. The third kappa shape index (κ3) is 9.74. The predicted molar refractivity (Wildman–Crippen MR) is 235 cm³/mol. The molecule has 1 unspecified atom stereocenters. The van der Waals surface area contributed by atoms with E-state index >= 15 is 0 Å². The number of nitrogens with zero attached hydrogens (tertiary/aromatic N) is 7. The maximum Gasteiger partial charge on any atom is 0.260 e. The van der Waals surface area contributed by atoms with Gasteiger partial charge < -0.3 is 38.8 Å². The Morgan fingerprint density at radius 3 is 2.38 bits per heavy atom. The number of aromatic nitrogens is 2. The van der Waals surface area contributed by atoms with Gasteiger partial charge in [-0.2, -0.15) is 10.2 Å². The van der Waals surface area contributed by atoms with Crippen LogP contribution < -0.4 is 34.3 Å². The second-order valence-corrected chi connectivity index (χ2v) is 15.6. The van der Waals surface area contributed by atoms with E-state index in [1.807, 2.05) is 6.07 Å². The van der Waals surface area contributed by atoms with Gasteiger partial charge in [-0.1, -0.05) is 6.07 Å². The maximum atomic E-state index is 13.9. The van der Waals surface area contributed by atoms with Crippen molar-refractivity contribution in [1.82, 2.24) is 30.0 Å². The number of imide groups is 1. The number of nitrogens with one attached hydrogen (secondary N) is 2. The Morgan fingerprint density at radius 1 is 0.892 bits per heavy atom. The molecule has 18 nitrogen and oxygen atoms in total. The van der Waals surface area contributed by atoms with Crippen molar-refractivity contribution in [3.63, 3.8) is 0 Å². The van der Waals surface area contributed by atoms with Crippen LogP contribution in [0.2, 0.25) is 0 Å². The lowest BCUT2D eigenvalue weighted by Gasteiger charge is -2.34. The van der Waals surface area contributed by atoms with Crippen LogP contribution in [0.15, 0.2) is 77.2 Å². The quantitative estimate of drug-likeness (QED) is 0.0664. The van der Waals surface area contributed by atoms with Gasteiger partial charge in [0.1, 0.15) is 24.0 Å². The molecule has 0 bridgehead atoms. The second kappa shape index (κ2) is 19.5. The Kier molecular flexibility index (Phi) is 13.3. The minimum absolute atomic E-state index is 0.148. The third-order valence-corrected chi connectivity index (χ3v) is 11.6. The molecule has 0 saturated carbocycles. The molecule has 19 heteroatoms. The van der Waals surface area contributed by atoms with Gasteiger partial charge >= 0.3 is 0 Å². The van der Waals surface area contributed by atoms with E-state index in [9.17, 15) is 23.6 Å². The van der Waals surface area contributed by atoms with Crippen molar-refractivity contribution < 1.29 is 47.3 Å². The zero-order chi connectivity index (χ0) is 45.6. The molecule has 0 aliphatic carbocycles. The molecule has 2 saturated heterocycles. The number of piperazine rings is 1. The normalized spacial score (nSPS) is 16.4. The van der Waals surface area contributed by atoms with Crippen LogP contribution in [0.5, 0.6) is 28.7 Å². The van der Waals surface area contributed by atoms with Crippen molar-refractivity contribution in [3.05, 3.63) is 89.5 Å². The van der Waals surface area contributed by atoms with E-state index in [1.165, 1.54) is 31.5 Å². The van der Waals surface area contributed by atoms with Crippen LogP contribution in [0.25, 0.3) is 10.9 Å². The molecule has 0 spiro atoms. The van der Waals surface area contributed by atoms with Crippen molar-refractivity contribution >= 4 is 57.4 Å². The molecule has 2 fully saturated rings. The molecule has 4 heterocycles. The first-order chi connectivity index (χ1) is 31.5. The summed E-state index contributed by atoms with van der Waals surface area (Å²) >= 11 is 0. The summed E-state index contributed by atoms with van der Waals surface area (Å²) in [4.78, 5) is 65.1. The fraction of sp³-hybridized carbons (Fsp3) is 0.348. The summed E-state index contributed by atoms with van der Waals surface area (Å²) in [5.41, 5.74) is 3.73. The summed E-state index contributed by atoms with van der Waals surface area (Å²) in [6, 6.07) is 16.0. The monoisotopic (exact) mass is 889 g/mol. The fourth-order valence-corrected chi connectivity index (χ4v) is 8.05. The van der Waals surface area contributed by atoms with Gasteiger partial charge in [-0.15, -0.1) is 0 Å². The number of halogens is 1. The zero-order valence-corrected chi connectivity index (χ0v) is 36.4. The van der Waals surface area contributed by atoms with Gasteiger partial charge in [-0.3, -0.25) is 29.4 Å². The van der Waals surface area contributed by atoms with Crippen LogP contribution >= 0.6 is 0 Å². The van der Waals surface area contributed by atoms with Crippen LogP contribution in [-0.4, -0.2) is 122 Å². The number of ether oxygens (including phenoxy) is 5. The number of methoxy groups -OCH3 is 3. The first-order valence-corrected chi connectivity index (χ1v) is 21.1. The molecule has 8 rings (SSSR count). The van der Waals surface area contributed by atoms with Crippen molar-refractivity contribution in [1.29, 1.82) is 0 Å². The van der Waals surface area contributed by atoms with Crippen molar-refractivity contribution in [2.75, 3.05) is 72.6 Å². The molecule has 2 N–H and O–H groups in total. The molecule has 4 amide bonds. The zero-order valence-electron chi connectivity index (χ0n) is 36.4. The van der Waals surface area contributed by atoms with E-state index in [-0.39, 0.29) is 66.8 Å². The highest BCUT2D eigenvalue weighted by atomic mass is 19.1. The third-order valence-electron chi connectivity index (χ3n) is 11.6. The summed E-state index contributed by atoms with van der Waals surface area (Å²) in [6.45, 7) is 5.21. The van der Waals surface area contributed by atoms with E-state index in [0.29, 0.717) is 89.4 Å². The largest absolute Gasteiger partial charge is 0.493 e. The van der Waals surface area contributed by atoms with Crippen LogP contribution in [0, 0.1) is 12.7 Å². The summed E-state index contributed by atoms with van der Waals surface area (Å²) in [5, 5.41) is 15.1. The van der Waals surface area contributed by atoms with Crippen molar-refractivity contribution in [2.24, 2.45) is 10.2 Å². The number of aryl methyl sites for hydroxylation is 1. The predicted octanol–water partition coefficient (Wildman–Crippen LogP) is 6.02. The summed E-state index contributed by atoms with van der Waals surface area (Å²) in [5.74, 6) is 0.811. The molecule has 65 heavy (non-hydrogen) atoms. The molecule has 0 radical (unpaired) electrons. The first-order valence-electron chi connectivity index (χ1n) is 21.1. The van der Waals surface area contributed by atoms with E-state index in [2.05, 4.69) is 35.7 Å². The van der Waals surface area contributed by atoms with Crippen LogP contribution in [0.3, 0.4) is 0 Å². The van der Waals surface area contributed by atoms with E-state index in [0.717, 1.165) is 18.4 Å². The highest BCUT2D eigenvalue weighted by Gasteiger charge is 2.40. The minimum atomic E-state index is -0.752. The number of fused-ring (bicyclic) bond motifs is 2. The van der Waals surface area contributed by atoms with Crippen LogP contribution in [0.4, 0.5) is 27.3 Å². The Morgan fingerprint density at radius 2 is 1.66 bits per heavy atom. The van der Waals surface area contributed by atoms with Gasteiger partial charge in [-0.25, -0.2) is 14.4 Å². The Bertz CT molecular complexity index is 2650. The van der Waals surface area contributed by atoms with Crippen molar-refractivity contribution in [3.8, 4) is 28.7 Å². The number of benzene rings is 4. The number of carbonyl (C=O) groups excluding carboxylic acids is 4. The number of rotatable bonds is 16. The average molecular weight is 890 g/mol. The molecular weight excluding hydrogens is 842 g/mol. The molecular formula is C46H48FN9O9. The second-order valence-electron chi connectivity index (χ2n) is 15.6. The summed E-state index contributed by atoms with van der Waals surface area (Å²) < 4.78 is 42.9.